The Bertz CT molecular complexity index is 785. The SMILES string of the molecule is COC(=O)C1=C(C=O)N=C(C)C(C(=O)O)C1c1ccc(Cl)cc1Cl. The van der Waals surface area contributed by atoms with Crippen LogP contribution < -0.4 is 0 Å². The van der Waals surface area contributed by atoms with E-state index in [1.165, 1.54) is 25.1 Å². The van der Waals surface area contributed by atoms with Crippen LogP contribution in [0.2, 0.25) is 10.0 Å². The Labute approximate surface area is 147 Å². The monoisotopic (exact) mass is 369 g/mol. The van der Waals surface area contributed by atoms with Gasteiger partial charge in [0, 0.05) is 21.7 Å². The van der Waals surface area contributed by atoms with Crippen LogP contribution >= 0.6 is 23.2 Å². The fraction of sp³-hybridized carbons (Fsp3) is 0.250. The normalized spacial score (nSPS) is 20.4. The van der Waals surface area contributed by atoms with E-state index < -0.39 is 23.8 Å². The molecule has 2 rings (SSSR count). The Hall–Kier alpha value is -2.18. The van der Waals surface area contributed by atoms with E-state index in [-0.39, 0.29) is 22.0 Å². The van der Waals surface area contributed by atoms with Gasteiger partial charge in [0.25, 0.3) is 0 Å². The van der Waals surface area contributed by atoms with E-state index in [4.69, 9.17) is 27.9 Å². The van der Waals surface area contributed by atoms with Gasteiger partial charge in [-0.2, -0.15) is 0 Å². The molecule has 1 aromatic rings. The quantitative estimate of drug-likeness (QED) is 0.650. The second-order valence-electron chi connectivity index (χ2n) is 5.12. The Morgan fingerprint density at radius 2 is 2.00 bits per heavy atom. The molecule has 1 aromatic carbocycles. The molecule has 24 heavy (non-hydrogen) atoms. The smallest absolute Gasteiger partial charge is 0.336 e. The molecule has 1 aliphatic heterocycles. The summed E-state index contributed by atoms with van der Waals surface area (Å²) in [5.41, 5.74) is 0.221. The molecule has 1 N–H and O–H groups in total. The molecule has 2 unspecified atom stereocenters. The number of halogens is 2. The maximum absolute atomic E-state index is 12.2. The van der Waals surface area contributed by atoms with Crippen molar-refractivity contribution in [2.24, 2.45) is 10.9 Å². The summed E-state index contributed by atoms with van der Waals surface area (Å²) in [5, 5.41) is 10.1. The Kier molecular flexibility index (Phi) is 5.41. The van der Waals surface area contributed by atoms with Gasteiger partial charge >= 0.3 is 11.9 Å². The lowest BCUT2D eigenvalue weighted by atomic mass is 9.75. The van der Waals surface area contributed by atoms with Crippen molar-refractivity contribution >= 4 is 47.1 Å². The summed E-state index contributed by atoms with van der Waals surface area (Å²) in [6, 6.07) is 4.49. The van der Waals surface area contributed by atoms with Crippen LogP contribution in [0, 0.1) is 5.92 Å². The molecule has 0 aromatic heterocycles. The van der Waals surface area contributed by atoms with Crippen LogP contribution in [0.5, 0.6) is 0 Å². The zero-order valence-corrected chi connectivity index (χ0v) is 14.3. The van der Waals surface area contributed by atoms with Crippen molar-refractivity contribution in [2.45, 2.75) is 12.8 Å². The zero-order chi connectivity index (χ0) is 18.0. The predicted octanol–water partition coefficient (Wildman–Crippen LogP) is 2.88. The average molecular weight is 370 g/mol. The van der Waals surface area contributed by atoms with E-state index in [2.05, 4.69) is 4.99 Å². The van der Waals surface area contributed by atoms with Crippen LogP contribution in [-0.4, -0.2) is 36.2 Å². The number of ether oxygens (including phenoxy) is 1. The molecule has 6 nitrogen and oxygen atoms in total. The molecule has 0 saturated carbocycles. The lowest BCUT2D eigenvalue weighted by molar-refractivity contribution is -0.140. The molecule has 1 aliphatic rings. The maximum Gasteiger partial charge on any atom is 0.336 e. The van der Waals surface area contributed by atoms with Crippen molar-refractivity contribution in [2.75, 3.05) is 7.11 Å². The number of aldehydes is 1. The summed E-state index contributed by atoms with van der Waals surface area (Å²) in [6.45, 7) is 1.48. The fourth-order valence-corrected chi connectivity index (χ4v) is 3.25. The van der Waals surface area contributed by atoms with E-state index in [9.17, 15) is 19.5 Å². The number of benzene rings is 1. The number of aliphatic carboxylic acids is 1. The number of hydrogen-bond donors (Lipinski definition) is 1. The number of carbonyl (C=O) groups is 3. The molecule has 0 spiro atoms. The van der Waals surface area contributed by atoms with Crippen LogP contribution in [0.15, 0.2) is 34.5 Å². The lowest BCUT2D eigenvalue weighted by Crippen LogP contribution is -2.35. The van der Waals surface area contributed by atoms with Gasteiger partial charge in [0.1, 0.15) is 11.6 Å². The number of methoxy groups -OCH3 is 1. The van der Waals surface area contributed by atoms with Crippen LogP contribution in [0.3, 0.4) is 0 Å². The van der Waals surface area contributed by atoms with Gasteiger partial charge in [-0.15, -0.1) is 0 Å². The third kappa shape index (κ3) is 3.20. The number of nitrogens with zero attached hydrogens (tertiary/aromatic N) is 1. The summed E-state index contributed by atoms with van der Waals surface area (Å²) in [7, 11) is 1.14. The number of carbonyl (C=O) groups excluding carboxylic acids is 2. The van der Waals surface area contributed by atoms with Crippen LogP contribution in [0.25, 0.3) is 0 Å². The highest BCUT2D eigenvalue weighted by Gasteiger charge is 2.43. The summed E-state index contributed by atoms with van der Waals surface area (Å²) < 4.78 is 4.71. The molecule has 126 valence electrons. The Balaban J connectivity index is 2.79. The summed E-state index contributed by atoms with van der Waals surface area (Å²) in [4.78, 5) is 39.3. The Morgan fingerprint density at radius 3 is 2.50 bits per heavy atom. The van der Waals surface area contributed by atoms with Crippen molar-refractivity contribution in [3.05, 3.63) is 45.1 Å². The second-order valence-corrected chi connectivity index (χ2v) is 5.96. The van der Waals surface area contributed by atoms with Gasteiger partial charge in [-0.05, 0) is 24.6 Å². The van der Waals surface area contributed by atoms with Gasteiger partial charge in [0.2, 0.25) is 0 Å². The van der Waals surface area contributed by atoms with E-state index >= 15 is 0 Å². The van der Waals surface area contributed by atoms with Crippen LogP contribution in [0.4, 0.5) is 0 Å². The molecule has 0 bridgehead atoms. The standard InChI is InChI=1S/C16H13Cl2NO5/c1-7-12(15(21)22)13(9-4-3-8(17)5-10(9)18)14(16(23)24-2)11(6-20)19-7/h3-6,12-13H,1-2H3,(H,21,22). The first-order valence-electron chi connectivity index (χ1n) is 6.82. The third-order valence-corrected chi connectivity index (χ3v) is 4.31. The molecular weight excluding hydrogens is 357 g/mol. The highest BCUT2D eigenvalue weighted by atomic mass is 35.5. The first-order valence-corrected chi connectivity index (χ1v) is 7.58. The van der Waals surface area contributed by atoms with Crippen molar-refractivity contribution in [1.82, 2.24) is 0 Å². The van der Waals surface area contributed by atoms with Gasteiger partial charge in [-0.3, -0.25) is 14.6 Å². The number of esters is 1. The van der Waals surface area contributed by atoms with Gasteiger partial charge in [0.15, 0.2) is 6.29 Å². The predicted molar refractivity (Wildman–Crippen MR) is 88.5 cm³/mol. The third-order valence-electron chi connectivity index (χ3n) is 3.75. The number of allylic oxidation sites excluding steroid dienone is 1. The van der Waals surface area contributed by atoms with E-state index in [1.54, 1.807) is 0 Å². The lowest BCUT2D eigenvalue weighted by Gasteiger charge is -2.30. The van der Waals surface area contributed by atoms with Crippen LogP contribution in [-0.2, 0) is 19.1 Å². The van der Waals surface area contributed by atoms with Crippen LogP contribution in [0.1, 0.15) is 18.4 Å². The molecule has 0 amide bonds. The highest BCUT2D eigenvalue weighted by molar-refractivity contribution is 6.35. The Morgan fingerprint density at radius 1 is 1.33 bits per heavy atom. The summed E-state index contributed by atoms with van der Waals surface area (Å²) in [5.74, 6) is -4.21. The van der Waals surface area contributed by atoms with Gasteiger partial charge in [-0.1, -0.05) is 29.3 Å². The molecule has 0 aliphatic carbocycles. The van der Waals surface area contributed by atoms with Gasteiger partial charge in [-0.25, -0.2) is 4.79 Å². The maximum atomic E-state index is 12.2. The van der Waals surface area contributed by atoms with E-state index in [1.807, 2.05) is 0 Å². The topological polar surface area (TPSA) is 93.0 Å². The van der Waals surface area contributed by atoms with Gasteiger partial charge < -0.3 is 9.84 Å². The second kappa shape index (κ2) is 7.15. The van der Waals surface area contributed by atoms with Crippen molar-refractivity contribution in [3.8, 4) is 0 Å². The zero-order valence-electron chi connectivity index (χ0n) is 12.7. The summed E-state index contributed by atoms with van der Waals surface area (Å²) in [6.07, 6.45) is 0.393. The minimum absolute atomic E-state index is 0.144. The summed E-state index contributed by atoms with van der Waals surface area (Å²) >= 11 is 12.1. The first kappa shape index (κ1) is 18.2. The number of carboxylic acid groups (broad SMARTS) is 1. The minimum atomic E-state index is -1.20. The van der Waals surface area contributed by atoms with Gasteiger partial charge in [0.05, 0.1) is 12.7 Å². The van der Waals surface area contributed by atoms with Crippen molar-refractivity contribution in [1.29, 1.82) is 0 Å². The number of carboxylic acids is 1. The number of rotatable bonds is 4. The van der Waals surface area contributed by atoms with Crippen molar-refractivity contribution < 1.29 is 24.2 Å². The average Bonchev–Trinajstić information content (AvgIpc) is 2.52. The fourth-order valence-electron chi connectivity index (χ4n) is 2.73. The first-order chi connectivity index (χ1) is 11.3. The molecule has 0 saturated heterocycles. The molecule has 0 fully saturated rings. The number of aliphatic imine (C=N–C) groups is 1. The molecule has 1 heterocycles. The number of hydrogen-bond acceptors (Lipinski definition) is 5. The highest BCUT2D eigenvalue weighted by Crippen LogP contribution is 2.42. The van der Waals surface area contributed by atoms with Crippen molar-refractivity contribution in [3.63, 3.8) is 0 Å². The minimum Gasteiger partial charge on any atom is -0.481 e. The van der Waals surface area contributed by atoms with E-state index in [0.29, 0.717) is 16.9 Å². The molecule has 8 heteroatoms. The van der Waals surface area contributed by atoms with E-state index in [0.717, 1.165) is 7.11 Å². The largest absolute Gasteiger partial charge is 0.481 e. The molecule has 0 radical (unpaired) electrons. The molecule has 2 atom stereocenters. The molecular formula is C16H13Cl2NO5.